The Morgan fingerprint density at radius 2 is 0.972 bits per heavy atom. The molecule has 6 rings (SSSR count). The average molecular weight is 692 g/mol. The SMILES string of the molecule is Brc1cc(Sc2cc(Br)c3c(c2)C=[C-]C3c2ccccc2)cc2c1C(c1ccccc1)[C-]=C2.[CH3-].[CH3-].[Zr+4]. The number of hydrogen-bond donors (Lipinski definition) is 0. The summed E-state index contributed by atoms with van der Waals surface area (Å²) in [5.74, 6) is 0.360. The Morgan fingerprint density at radius 3 is 1.36 bits per heavy atom. The van der Waals surface area contributed by atoms with E-state index in [0.717, 1.165) is 8.95 Å². The molecule has 0 saturated carbocycles. The van der Waals surface area contributed by atoms with Crippen molar-refractivity contribution in [2.45, 2.75) is 21.6 Å². The summed E-state index contributed by atoms with van der Waals surface area (Å²) in [5, 5.41) is 0. The molecule has 2 aliphatic rings. The van der Waals surface area contributed by atoms with Crippen molar-refractivity contribution in [2.75, 3.05) is 0 Å². The molecule has 0 bridgehead atoms. The van der Waals surface area contributed by atoms with Crippen LogP contribution >= 0.6 is 43.6 Å². The fraction of sp³-hybridized carbons (Fsp3) is 0.0625. The van der Waals surface area contributed by atoms with Crippen molar-refractivity contribution >= 4 is 55.8 Å². The van der Waals surface area contributed by atoms with E-state index in [0.29, 0.717) is 0 Å². The summed E-state index contributed by atoms with van der Waals surface area (Å²) in [6.45, 7) is 0. The number of allylic oxidation sites excluding steroid dienone is 2. The van der Waals surface area contributed by atoms with E-state index in [-0.39, 0.29) is 52.9 Å². The predicted octanol–water partition coefficient (Wildman–Crippen LogP) is 10.2. The monoisotopic (exact) mass is 688 g/mol. The molecule has 0 heterocycles. The van der Waals surface area contributed by atoms with E-state index in [9.17, 15) is 0 Å². The van der Waals surface area contributed by atoms with Crippen LogP contribution in [0.25, 0.3) is 12.2 Å². The summed E-state index contributed by atoms with van der Waals surface area (Å²) in [5.41, 5.74) is 7.60. The van der Waals surface area contributed by atoms with E-state index in [4.69, 9.17) is 0 Å². The third-order valence-electron chi connectivity index (χ3n) is 6.16. The third kappa shape index (κ3) is 5.53. The topological polar surface area (TPSA) is 0 Å². The maximum Gasteiger partial charge on any atom is 4.00 e. The van der Waals surface area contributed by atoms with Gasteiger partial charge in [0.2, 0.25) is 0 Å². The van der Waals surface area contributed by atoms with Gasteiger partial charge in [-0.05, 0) is 21.9 Å². The molecule has 0 aliphatic heterocycles. The van der Waals surface area contributed by atoms with Gasteiger partial charge < -0.3 is 14.9 Å². The molecule has 0 fully saturated rings. The van der Waals surface area contributed by atoms with Crippen LogP contribution in [0.5, 0.6) is 0 Å². The Bertz CT molecular complexity index is 1300. The van der Waals surface area contributed by atoms with Crippen molar-refractivity contribution in [3.8, 4) is 0 Å². The Hall–Kier alpha value is -1.45. The van der Waals surface area contributed by atoms with Gasteiger partial charge in [-0.1, -0.05) is 127 Å². The minimum Gasteiger partial charge on any atom is -0.358 e. The van der Waals surface area contributed by atoms with E-state index in [1.165, 1.54) is 43.2 Å². The van der Waals surface area contributed by atoms with Crippen molar-refractivity contribution < 1.29 is 26.2 Å². The van der Waals surface area contributed by atoms with Gasteiger partial charge in [-0.3, -0.25) is 12.2 Å². The molecule has 2 atom stereocenters. The molecule has 0 aromatic heterocycles. The van der Waals surface area contributed by atoms with Gasteiger partial charge in [0.25, 0.3) is 0 Å². The van der Waals surface area contributed by atoms with Crippen molar-refractivity contribution in [3.63, 3.8) is 0 Å². The van der Waals surface area contributed by atoms with Crippen molar-refractivity contribution in [1.82, 2.24) is 0 Å². The first kappa shape index (κ1) is 29.1. The molecule has 0 radical (unpaired) electrons. The van der Waals surface area contributed by atoms with E-state index < -0.39 is 0 Å². The van der Waals surface area contributed by atoms with Crippen LogP contribution in [0.2, 0.25) is 0 Å². The van der Waals surface area contributed by atoms with Crippen LogP contribution in [-0.4, -0.2) is 0 Å². The molecule has 176 valence electrons. The quantitative estimate of drug-likeness (QED) is 0.192. The molecule has 2 aliphatic carbocycles. The van der Waals surface area contributed by atoms with Gasteiger partial charge in [0.1, 0.15) is 0 Å². The van der Waals surface area contributed by atoms with Gasteiger partial charge in [-0.25, -0.2) is 12.2 Å². The minimum absolute atomic E-state index is 0. The number of fused-ring (bicyclic) bond motifs is 2. The summed E-state index contributed by atoms with van der Waals surface area (Å²) in [4.78, 5) is 2.43. The Balaban J connectivity index is 0.00000120. The van der Waals surface area contributed by atoms with E-state index >= 15 is 0 Å². The number of halogens is 2. The fourth-order valence-electron chi connectivity index (χ4n) is 4.66. The standard InChI is InChI=1S/C30H18Br2S.2CH3.Zr/c31-27-17-23(15-21-11-13-25(29(21)27)19-7-3-1-4-8-19)33-24-16-22-12-14-26(30(22)28(32)18-24)20-9-5-2-6-10-20;;;/h1-12,15-18,25-26H;2*1H3;/q-2;2*-1;+4. The fourth-order valence-corrected chi connectivity index (χ4v) is 7.37. The second-order valence-electron chi connectivity index (χ2n) is 8.23. The first-order chi connectivity index (χ1) is 16.2. The Morgan fingerprint density at radius 1 is 0.583 bits per heavy atom. The van der Waals surface area contributed by atoms with Gasteiger partial charge in [-0.2, -0.15) is 11.1 Å². The first-order valence-corrected chi connectivity index (χ1v) is 13.2. The molecule has 2 unspecified atom stereocenters. The molecule has 4 aromatic rings. The zero-order chi connectivity index (χ0) is 22.4. The molecule has 0 nitrogen and oxygen atoms in total. The van der Waals surface area contributed by atoms with Gasteiger partial charge in [-0.15, -0.1) is 23.3 Å². The van der Waals surface area contributed by atoms with Crippen LogP contribution in [0.15, 0.2) is 104 Å². The van der Waals surface area contributed by atoms with Crippen LogP contribution in [0.1, 0.15) is 45.2 Å². The summed E-state index contributed by atoms with van der Waals surface area (Å²) in [6.07, 6.45) is 11.4. The van der Waals surface area contributed by atoms with Crippen LogP contribution in [0.3, 0.4) is 0 Å². The van der Waals surface area contributed by atoms with Gasteiger partial charge in [0.05, 0.1) is 0 Å². The predicted molar refractivity (Wildman–Crippen MR) is 157 cm³/mol. The molecule has 36 heavy (non-hydrogen) atoms. The molecule has 4 heteroatoms. The van der Waals surface area contributed by atoms with E-state index in [1.54, 1.807) is 11.8 Å². The van der Waals surface area contributed by atoms with Crippen molar-refractivity contribution in [2.24, 2.45) is 0 Å². The van der Waals surface area contributed by atoms with E-state index in [1.807, 2.05) is 0 Å². The van der Waals surface area contributed by atoms with Gasteiger partial charge in [0, 0.05) is 8.95 Å². The normalized spacial score (nSPS) is 16.4. The molecular weight excluding hydrogens is 667 g/mol. The summed E-state index contributed by atoms with van der Waals surface area (Å²) in [6, 6.07) is 30.2. The van der Waals surface area contributed by atoms with E-state index in [2.05, 4.69) is 141 Å². The zero-order valence-corrected chi connectivity index (χ0v) is 26.5. The number of rotatable bonds is 4. The summed E-state index contributed by atoms with van der Waals surface area (Å²) < 4.78 is 2.27. The number of hydrogen-bond acceptors (Lipinski definition) is 1. The zero-order valence-electron chi connectivity index (χ0n) is 20.1. The van der Waals surface area contributed by atoms with Crippen molar-refractivity contribution in [1.29, 1.82) is 0 Å². The summed E-state index contributed by atoms with van der Waals surface area (Å²) in [7, 11) is 0. The maximum absolute atomic E-state index is 3.85. The summed E-state index contributed by atoms with van der Waals surface area (Å²) >= 11 is 9.48. The van der Waals surface area contributed by atoms with Crippen LogP contribution < -0.4 is 0 Å². The Labute approximate surface area is 255 Å². The number of benzene rings is 4. The van der Waals surface area contributed by atoms with Gasteiger partial charge in [0.15, 0.2) is 0 Å². The van der Waals surface area contributed by atoms with Crippen LogP contribution in [-0.2, 0) is 26.2 Å². The van der Waals surface area contributed by atoms with Crippen LogP contribution in [0.4, 0.5) is 0 Å². The molecule has 0 N–H and O–H groups in total. The van der Waals surface area contributed by atoms with Crippen LogP contribution in [0, 0.1) is 27.0 Å². The molecule has 4 aromatic carbocycles. The molecule has 0 saturated heterocycles. The molecular formula is C32H24Br2SZr. The second-order valence-corrected chi connectivity index (χ2v) is 11.1. The smallest absolute Gasteiger partial charge is 0.358 e. The van der Waals surface area contributed by atoms with Crippen molar-refractivity contribution in [3.05, 3.63) is 154 Å². The molecule has 0 amide bonds. The third-order valence-corrected chi connectivity index (χ3v) is 8.41. The maximum atomic E-state index is 3.85. The second kappa shape index (κ2) is 12.4. The van der Waals surface area contributed by atoms with Gasteiger partial charge >= 0.3 is 26.2 Å². The average Bonchev–Trinajstić information content (AvgIpc) is 3.45. The first-order valence-electron chi connectivity index (χ1n) is 10.8. The largest absolute Gasteiger partial charge is 4.00 e. The Kier molecular flexibility index (Phi) is 10.0. The minimum atomic E-state index is 0. The molecule has 0 spiro atoms.